The first kappa shape index (κ1) is 15.4. The van der Waals surface area contributed by atoms with Crippen LogP contribution in [-0.4, -0.2) is 40.6 Å². The van der Waals surface area contributed by atoms with Crippen LogP contribution in [-0.2, 0) is 14.4 Å². The molecule has 104 valence electrons. The summed E-state index contributed by atoms with van der Waals surface area (Å²) in [6, 6.07) is 0. The lowest BCUT2D eigenvalue weighted by Crippen LogP contribution is -2.28. The molecule has 0 aromatic carbocycles. The van der Waals surface area contributed by atoms with E-state index >= 15 is 0 Å². The van der Waals surface area contributed by atoms with Gasteiger partial charge in [-0.15, -0.1) is 0 Å². The van der Waals surface area contributed by atoms with E-state index in [0.717, 1.165) is 12.8 Å². The maximum Gasteiger partial charge on any atom is 0.347 e. The van der Waals surface area contributed by atoms with Gasteiger partial charge in [-0.3, -0.25) is 9.59 Å². The third-order valence-corrected chi connectivity index (χ3v) is 3.21. The van der Waals surface area contributed by atoms with Crippen LogP contribution >= 0.6 is 11.8 Å². The van der Waals surface area contributed by atoms with Crippen LogP contribution in [0.3, 0.4) is 0 Å². The number of amides is 1. The summed E-state index contributed by atoms with van der Waals surface area (Å²) in [7, 11) is 0. The Morgan fingerprint density at radius 1 is 1.42 bits per heavy atom. The number of carbonyl (C=O) groups excluding carboxylic acids is 2. The number of nitrogens with one attached hydrogen (secondary N) is 1. The molecule has 0 aliphatic heterocycles. The molecule has 1 aliphatic rings. The summed E-state index contributed by atoms with van der Waals surface area (Å²) in [5, 5.41) is 9.79. The van der Waals surface area contributed by atoms with Crippen molar-refractivity contribution in [2.75, 3.05) is 12.3 Å². The van der Waals surface area contributed by atoms with Gasteiger partial charge >= 0.3 is 5.97 Å². The second-order valence-corrected chi connectivity index (χ2v) is 4.86. The van der Waals surface area contributed by atoms with Crippen molar-refractivity contribution in [1.29, 1.82) is 0 Å². The highest BCUT2D eigenvalue weighted by molar-refractivity contribution is 8.13. The van der Waals surface area contributed by atoms with Gasteiger partial charge < -0.3 is 10.4 Å². The van der Waals surface area contributed by atoms with Crippen LogP contribution in [0.15, 0.2) is 23.8 Å². The Balaban J connectivity index is 2.22. The first-order valence-corrected chi connectivity index (χ1v) is 6.69. The van der Waals surface area contributed by atoms with Gasteiger partial charge in [-0.2, -0.15) is 0 Å². The number of carboxylic acids is 1. The van der Waals surface area contributed by atoms with E-state index in [4.69, 9.17) is 5.11 Å². The number of allylic oxidation sites excluding steroid dienone is 2. The van der Waals surface area contributed by atoms with Gasteiger partial charge in [0.05, 0.1) is 0 Å². The third-order valence-electron chi connectivity index (χ3n) is 2.31. The molecule has 5 nitrogen and oxygen atoms in total. The molecule has 1 atom stereocenters. The number of halogens is 1. The van der Waals surface area contributed by atoms with Crippen LogP contribution in [0, 0.1) is 0 Å². The fourth-order valence-corrected chi connectivity index (χ4v) is 2.03. The summed E-state index contributed by atoms with van der Waals surface area (Å²) in [5.41, 5.74) is 0.566. The summed E-state index contributed by atoms with van der Waals surface area (Å²) in [4.78, 5) is 32.8. The zero-order valence-corrected chi connectivity index (χ0v) is 10.9. The van der Waals surface area contributed by atoms with Crippen LogP contribution in [0.25, 0.3) is 0 Å². The maximum atomic E-state index is 12.7. The van der Waals surface area contributed by atoms with Crippen LogP contribution in [0.1, 0.15) is 12.8 Å². The van der Waals surface area contributed by atoms with Crippen molar-refractivity contribution < 1.29 is 23.9 Å². The van der Waals surface area contributed by atoms with Crippen molar-refractivity contribution in [2.24, 2.45) is 0 Å². The van der Waals surface area contributed by atoms with Gasteiger partial charge in [0.2, 0.25) is 5.12 Å². The van der Waals surface area contributed by atoms with E-state index in [0.29, 0.717) is 17.3 Å². The zero-order valence-electron chi connectivity index (χ0n) is 10.1. The molecule has 0 saturated heterocycles. The number of hydrogen-bond donors (Lipinski definition) is 2. The van der Waals surface area contributed by atoms with Crippen LogP contribution < -0.4 is 5.32 Å². The minimum Gasteiger partial charge on any atom is -0.479 e. The van der Waals surface area contributed by atoms with E-state index in [1.165, 1.54) is 0 Å². The summed E-state index contributed by atoms with van der Waals surface area (Å²) in [6.45, 7) is 0.173. The van der Waals surface area contributed by atoms with E-state index < -0.39 is 17.3 Å². The first-order chi connectivity index (χ1) is 9.02. The number of thioether (sulfide) groups is 1. The molecule has 0 aromatic heterocycles. The van der Waals surface area contributed by atoms with E-state index in [-0.39, 0.29) is 18.2 Å². The molecule has 0 spiro atoms. The van der Waals surface area contributed by atoms with E-state index in [2.05, 4.69) is 5.32 Å². The lowest BCUT2D eigenvalue weighted by Gasteiger charge is -2.08. The topological polar surface area (TPSA) is 83.5 Å². The monoisotopic (exact) mass is 287 g/mol. The molecule has 0 heterocycles. The number of alkyl halides is 1. The van der Waals surface area contributed by atoms with Crippen LogP contribution in [0.4, 0.5) is 4.39 Å². The summed E-state index contributed by atoms with van der Waals surface area (Å²) in [6.07, 6.45) is 4.65. The Morgan fingerprint density at radius 3 is 2.74 bits per heavy atom. The Kier molecular flexibility index (Phi) is 6.27. The SMILES string of the molecule is O=C(NCCSC(=O)C(F)C(=O)O)C1=CCCC=C1. The number of rotatable bonds is 6. The highest BCUT2D eigenvalue weighted by Gasteiger charge is 2.25. The highest BCUT2D eigenvalue weighted by atomic mass is 32.2. The van der Waals surface area contributed by atoms with Crippen molar-refractivity contribution >= 4 is 28.8 Å². The number of hydrogen-bond acceptors (Lipinski definition) is 4. The van der Waals surface area contributed by atoms with Crippen molar-refractivity contribution in [3.8, 4) is 0 Å². The second-order valence-electron chi connectivity index (χ2n) is 3.76. The van der Waals surface area contributed by atoms with Crippen molar-refractivity contribution in [3.05, 3.63) is 23.8 Å². The van der Waals surface area contributed by atoms with Gasteiger partial charge in [0.1, 0.15) is 0 Å². The molecule has 0 fully saturated rings. The standard InChI is InChI=1S/C12H14FNO4S/c13-9(11(16)17)12(18)19-7-6-14-10(15)8-4-2-1-3-5-8/h2,4-5,9H,1,3,6-7H2,(H,14,15)(H,16,17). The lowest BCUT2D eigenvalue weighted by molar-refractivity contribution is -0.145. The maximum absolute atomic E-state index is 12.7. The Bertz CT molecular complexity index is 433. The fraction of sp³-hybridized carbons (Fsp3) is 0.417. The molecule has 1 aliphatic carbocycles. The largest absolute Gasteiger partial charge is 0.479 e. The van der Waals surface area contributed by atoms with Crippen molar-refractivity contribution in [2.45, 2.75) is 19.0 Å². The highest BCUT2D eigenvalue weighted by Crippen LogP contribution is 2.10. The molecule has 2 N–H and O–H groups in total. The molecule has 0 saturated carbocycles. The van der Waals surface area contributed by atoms with Gasteiger partial charge in [-0.05, 0) is 12.8 Å². The molecular weight excluding hydrogens is 273 g/mol. The van der Waals surface area contributed by atoms with Gasteiger partial charge in [0.25, 0.3) is 12.1 Å². The fourth-order valence-electron chi connectivity index (χ4n) is 1.37. The smallest absolute Gasteiger partial charge is 0.347 e. The number of carbonyl (C=O) groups is 3. The first-order valence-electron chi connectivity index (χ1n) is 5.71. The zero-order chi connectivity index (χ0) is 14.3. The van der Waals surface area contributed by atoms with Gasteiger partial charge in [-0.25, -0.2) is 9.18 Å². The molecule has 1 amide bonds. The minimum atomic E-state index is -2.51. The van der Waals surface area contributed by atoms with Gasteiger partial charge in [0.15, 0.2) is 0 Å². The second kappa shape index (κ2) is 7.73. The average molecular weight is 287 g/mol. The predicted molar refractivity (Wildman–Crippen MR) is 69.5 cm³/mol. The third kappa shape index (κ3) is 5.25. The normalized spacial score (nSPS) is 15.5. The Morgan fingerprint density at radius 2 is 2.16 bits per heavy atom. The number of carboxylic acid groups (broad SMARTS) is 1. The summed E-state index contributed by atoms with van der Waals surface area (Å²) < 4.78 is 12.7. The molecule has 0 radical (unpaired) electrons. The quantitative estimate of drug-likeness (QED) is 0.564. The minimum absolute atomic E-state index is 0.134. The molecule has 7 heteroatoms. The molecule has 19 heavy (non-hydrogen) atoms. The summed E-state index contributed by atoms with van der Waals surface area (Å²) >= 11 is 0.555. The van der Waals surface area contributed by atoms with Crippen LogP contribution in [0.5, 0.6) is 0 Å². The Hall–Kier alpha value is -1.63. The molecule has 1 unspecified atom stereocenters. The van der Waals surface area contributed by atoms with E-state index in [1.807, 2.05) is 12.2 Å². The van der Waals surface area contributed by atoms with Gasteiger partial charge in [-0.1, -0.05) is 30.0 Å². The molecule has 0 bridgehead atoms. The van der Waals surface area contributed by atoms with Gasteiger partial charge in [0, 0.05) is 17.9 Å². The van der Waals surface area contributed by atoms with Crippen LogP contribution in [0.2, 0.25) is 0 Å². The molecular formula is C12H14FNO4S. The number of aliphatic carboxylic acids is 1. The summed E-state index contributed by atoms with van der Waals surface area (Å²) in [5.74, 6) is -1.91. The van der Waals surface area contributed by atoms with E-state index in [1.54, 1.807) is 6.08 Å². The van der Waals surface area contributed by atoms with E-state index in [9.17, 15) is 18.8 Å². The molecule has 0 aromatic rings. The molecule has 1 rings (SSSR count). The van der Waals surface area contributed by atoms with Crippen molar-refractivity contribution in [1.82, 2.24) is 5.32 Å². The predicted octanol–water partition coefficient (Wildman–Crippen LogP) is 1.06. The van der Waals surface area contributed by atoms with Crippen molar-refractivity contribution in [3.63, 3.8) is 0 Å². The average Bonchev–Trinajstić information content (AvgIpc) is 2.43. The Labute approximate surface area is 113 Å². The lowest BCUT2D eigenvalue weighted by atomic mass is 10.1.